The van der Waals surface area contributed by atoms with Gasteiger partial charge in [0, 0.05) is 0 Å². The number of carbonyl (C=O) groups is 1. The zero-order chi connectivity index (χ0) is 12.3. The van der Waals surface area contributed by atoms with Gasteiger partial charge < -0.3 is 9.84 Å². The maximum atomic E-state index is 13.2. The van der Waals surface area contributed by atoms with E-state index in [0.29, 0.717) is 5.56 Å². The minimum absolute atomic E-state index is 0.140. The summed E-state index contributed by atoms with van der Waals surface area (Å²) in [5.41, 5.74) is -0.118. The highest BCUT2D eigenvalue weighted by Gasteiger charge is 2.18. The number of ether oxygens (including phenoxy) is 1. The summed E-state index contributed by atoms with van der Waals surface area (Å²) in [6.07, 6.45) is -0.559. The summed E-state index contributed by atoms with van der Waals surface area (Å²) in [7, 11) is 1.08. The van der Waals surface area contributed by atoms with Crippen molar-refractivity contribution in [3.8, 4) is 0 Å². The van der Waals surface area contributed by atoms with E-state index in [4.69, 9.17) is 5.11 Å². The van der Waals surface area contributed by atoms with Crippen molar-refractivity contribution >= 4 is 5.97 Å². The van der Waals surface area contributed by atoms with Crippen LogP contribution in [0.5, 0.6) is 0 Å². The van der Waals surface area contributed by atoms with Crippen molar-refractivity contribution in [3.05, 3.63) is 34.9 Å². The van der Waals surface area contributed by atoms with Gasteiger partial charge in [-0.1, -0.05) is 0 Å². The molecule has 1 aromatic carbocycles. The average molecular weight is 230 g/mol. The van der Waals surface area contributed by atoms with Crippen molar-refractivity contribution in [2.24, 2.45) is 0 Å². The summed E-state index contributed by atoms with van der Waals surface area (Å²) in [6, 6.07) is 2.13. The van der Waals surface area contributed by atoms with Gasteiger partial charge in [-0.15, -0.1) is 0 Å². The lowest BCUT2D eigenvalue weighted by atomic mass is 10.0. The third kappa shape index (κ3) is 2.76. The van der Waals surface area contributed by atoms with Crippen LogP contribution in [0.25, 0.3) is 0 Å². The maximum Gasteiger partial charge on any atom is 0.340 e. The fraction of sp³-hybridized carbons (Fsp3) is 0.364. The average Bonchev–Trinajstić information content (AvgIpc) is 2.21. The molecule has 0 fully saturated rings. The molecule has 1 N–H and O–H groups in total. The van der Waals surface area contributed by atoms with Crippen LogP contribution >= 0.6 is 0 Å². The maximum absolute atomic E-state index is 13.2. The van der Waals surface area contributed by atoms with Gasteiger partial charge >= 0.3 is 5.97 Å². The van der Waals surface area contributed by atoms with Crippen LogP contribution in [0.2, 0.25) is 0 Å². The van der Waals surface area contributed by atoms with E-state index in [1.165, 1.54) is 13.0 Å². The minimum Gasteiger partial charge on any atom is -0.465 e. The molecule has 0 bridgehead atoms. The second-order valence-electron chi connectivity index (χ2n) is 3.48. The summed E-state index contributed by atoms with van der Waals surface area (Å²) in [4.78, 5) is 11.1. The van der Waals surface area contributed by atoms with Crippen LogP contribution in [0.3, 0.4) is 0 Å². The first-order chi connectivity index (χ1) is 7.45. The first kappa shape index (κ1) is 12.6. The Morgan fingerprint density at radius 2 is 2.12 bits per heavy atom. The molecule has 0 aliphatic rings. The van der Waals surface area contributed by atoms with E-state index in [9.17, 15) is 13.6 Å². The largest absolute Gasteiger partial charge is 0.465 e. The first-order valence-electron chi connectivity index (χ1n) is 4.70. The molecule has 1 aromatic rings. The Hall–Kier alpha value is -1.49. The number of aliphatic hydroxyl groups is 1. The van der Waals surface area contributed by atoms with Crippen molar-refractivity contribution < 1.29 is 23.4 Å². The lowest BCUT2D eigenvalue weighted by Crippen LogP contribution is -2.10. The number of esters is 1. The highest BCUT2D eigenvalue weighted by molar-refractivity contribution is 5.89. The van der Waals surface area contributed by atoms with E-state index in [0.717, 1.165) is 13.2 Å². The molecule has 0 aliphatic heterocycles. The van der Waals surface area contributed by atoms with Crippen molar-refractivity contribution in [1.29, 1.82) is 0 Å². The first-order valence-corrected chi connectivity index (χ1v) is 4.70. The highest BCUT2D eigenvalue weighted by Crippen LogP contribution is 2.17. The highest BCUT2D eigenvalue weighted by atomic mass is 19.2. The molecule has 3 nitrogen and oxygen atoms in total. The van der Waals surface area contributed by atoms with Crippen LogP contribution in [0, 0.1) is 11.6 Å². The fourth-order valence-corrected chi connectivity index (χ4v) is 1.36. The standard InChI is InChI=1S/C11H12F2O3/c1-6(14)3-7-4-8(11(15)16-2)10(13)9(12)5-7/h4-6,14H,3H2,1-2H3. The minimum atomic E-state index is -1.24. The molecule has 1 rings (SSSR count). The van der Waals surface area contributed by atoms with Crippen LogP contribution in [-0.2, 0) is 11.2 Å². The number of aliphatic hydroxyl groups excluding tert-OH is 1. The lowest BCUT2D eigenvalue weighted by Gasteiger charge is -2.08. The second kappa shape index (κ2) is 5.03. The summed E-state index contributed by atoms with van der Waals surface area (Å²) in [6.45, 7) is 1.51. The fourth-order valence-electron chi connectivity index (χ4n) is 1.36. The Balaban J connectivity index is 3.16. The third-order valence-corrected chi connectivity index (χ3v) is 2.02. The summed E-state index contributed by atoms with van der Waals surface area (Å²) in [5, 5.41) is 9.12. The topological polar surface area (TPSA) is 46.5 Å². The van der Waals surface area contributed by atoms with Gasteiger partial charge in [-0.3, -0.25) is 0 Å². The number of carbonyl (C=O) groups excluding carboxylic acids is 1. The predicted molar refractivity (Wildman–Crippen MR) is 53.1 cm³/mol. The van der Waals surface area contributed by atoms with Crippen LogP contribution in [-0.4, -0.2) is 24.3 Å². The van der Waals surface area contributed by atoms with E-state index in [-0.39, 0.29) is 6.42 Å². The van der Waals surface area contributed by atoms with Crippen molar-refractivity contribution in [2.75, 3.05) is 7.11 Å². The van der Waals surface area contributed by atoms with Gasteiger partial charge in [-0.05, 0) is 31.0 Å². The second-order valence-corrected chi connectivity index (χ2v) is 3.48. The Morgan fingerprint density at radius 1 is 1.50 bits per heavy atom. The monoisotopic (exact) mass is 230 g/mol. The normalized spacial score (nSPS) is 12.3. The van der Waals surface area contributed by atoms with E-state index >= 15 is 0 Å². The van der Waals surface area contributed by atoms with Gasteiger partial charge in [0.05, 0.1) is 18.8 Å². The van der Waals surface area contributed by atoms with Crippen molar-refractivity contribution in [2.45, 2.75) is 19.4 Å². The van der Waals surface area contributed by atoms with E-state index in [2.05, 4.69) is 4.74 Å². The molecule has 0 saturated heterocycles. The lowest BCUT2D eigenvalue weighted by molar-refractivity contribution is 0.0594. The number of halogens is 2. The molecule has 1 atom stereocenters. The van der Waals surface area contributed by atoms with Gasteiger partial charge in [0.2, 0.25) is 0 Å². The van der Waals surface area contributed by atoms with Crippen LogP contribution in [0.4, 0.5) is 8.78 Å². The van der Waals surface area contributed by atoms with E-state index in [1.807, 2.05) is 0 Å². The number of benzene rings is 1. The van der Waals surface area contributed by atoms with Gasteiger partial charge in [0.1, 0.15) is 0 Å². The van der Waals surface area contributed by atoms with Crippen molar-refractivity contribution in [3.63, 3.8) is 0 Å². The van der Waals surface area contributed by atoms with Gasteiger partial charge in [-0.25, -0.2) is 13.6 Å². The zero-order valence-corrected chi connectivity index (χ0v) is 8.96. The van der Waals surface area contributed by atoms with Crippen molar-refractivity contribution in [1.82, 2.24) is 0 Å². The SMILES string of the molecule is COC(=O)c1cc(CC(C)O)cc(F)c1F. The molecular formula is C11H12F2O3. The quantitative estimate of drug-likeness (QED) is 0.803. The Kier molecular flexibility index (Phi) is 3.95. The molecule has 0 amide bonds. The summed E-state index contributed by atoms with van der Waals surface area (Å²) in [5.74, 6) is -3.30. The van der Waals surface area contributed by atoms with E-state index in [1.54, 1.807) is 0 Å². The van der Waals surface area contributed by atoms with Gasteiger partial charge in [0.15, 0.2) is 11.6 Å². The molecule has 0 spiro atoms. The molecule has 0 radical (unpaired) electrons. The number of methoxy groups -OCH3 is 1. The zero-order valence-electron chi connectivity index (χ0n) is 8.96. The molecule has 0 saturated carbocycles. The number of hydrogen-bond acceptors (Lipinski definition) is 3. The molecular weight excluding hydrogens is 218 g/mol. The smallest absolute Gasteiger partial charge is 0.340 e. The Labute approximate surface area is 91.7 Å². The molecule has 0 aromatic heterocycles. The van der Waals surface area contributed by atoms with Gasteiger partial charge in [-0.2, -0.15) is 0 Å². The molecule has 0 heterocycles. The predicted octanol–water partition coefficient (Wildman–Crippen LogP) is 1.67. The Bertz CT molecular complexity index is 402. The van der Waals surface area contributed by atoms with Gasteiger partial charge in [0.25, 0.3) is 0 Å². The summed E-state index contributed by atoms with van der Waals surface area (Å²) < 4.78 is 30.7. The molecule has 1 unspecified atom stereocenters. The van der Waals surface area contributed by atoms with Crippen LogP contribution < -0.4 is 0 Å². The number of hydrogen-bond donors (Lipinski definition) is 1. The van der Waals surface area contributed by atoms with E-state index < -0.39 is 29.3 Å². The summed E-state index contributed by atoms with van der Waals surface area (Å²) >= 11 is 0. The molecule has 88 valence electrons. The molecule has 5 heteroatoms. The third-order valence-electron chi connectivity index (χ3n) is 2.02. The molecule has 16 heavy (non-hydrogen) atoms. The Morgan fingerprint density at radius 3 is 2.62 bits per heavy atom. The van der Waals surface area contributed by atoms with Crippen LogP contribution in [0.15, 0.2) is 12.1 Å². The molecule has 0 aliphatic carbocycles. The van der Waals surface area contributed by atoms with Crippen LogP contribution in [0.1, 0.15) is 22.8 Å². The number of rotatable bonds is 3.